The third-order valence-corrected chi connectivity index (χ3v) is 5.32. The van der Waals surface area contributed by atoms with Crippen molar-refractivity contribution in [3.05, 3.63) is 0 Å². The van der Waals surface area contributed by atoms with Gasteiger partial charge in [0, 0.05) is 24.6 Å². The summed E-state index contributed by atoms with van der Waals surface area (Å²) < 4.78 is 5.89. The predicted octanol–water partition coefficient (Wildman–Crippen LogP) is 3.11. The third kappa shape index (κ3) is 2.68. The number of nitrogens with one attached hydrogen (secondary N) is 1. The van der Waals surface area contributed by atoms with E-state index < -0.39 is 0 Å². The summed E-state index contributed by atoms with van der Waals surface area (Å²) in [6.45, 7) is 4.49. The van der Waals surface area contributed by atoms with E-state index in [-0.39, 0.29) is 0 Å². The lowest BCUT2D eigenvalue weighted by molar-refractivity contribution is 0.0492. The number of rotatable bonds is 5. The van der Waals surface area contributed by atoms with Crippen LogP contribution in [0.3, 0.4) is 0 Å². The predicted molar refractivity (Wildman–Crippen MR) is 70.1 cm³/mol. The van der Waals surface area contributed by atoms with Gasteiger partial charge in [0.05, 0.1) is 6.10 Å². The minimum Gasteiger partial charge on any atom is -0.378 e. The lowest BCUT2D eigenvalue weighted by Crippen LogP contribution is -2.41. The van der Waals surface area contributed by atoms with Crippen molar-refractivity contribution in [1.82, 2.24) is 5.32 Å². The Labute approximate surface area is 105 Å². The van der Waals surface area contributed by atoms with E-state index >= 15 is 0 Å². The van der Waals surface area contributed by atoms with Gasteiger partial charge in [-0.3, -0.25) is 0 Å². The van der Waals surface area contributed by atoms with Crippen LogP contribution < -0.4 is 5.32 Å². The van der Waals surface area contributed by atoms with E-state index in [9.17, 15) is 0 Å². The van der Waals surface area contributed by atoms with Gasteiger partial charge in [-0.05, 0) is 38.5 Å². The Morgan fingerprint density at radius 3 is 2.53 bits per heavy atom. The fraction of sp³-hybridized carbons (Fsp3) is 1.00. The highest BCUT2D eigenvalue weighted by Gasteiger charge is 2.43. The van der Waals surface area contributed by atoms with Gasteiger partial charge >= 0.3 is 0 Å². The Hall–Kier alpha value is -0.0800. The summed E-state index contributed by atoms with van der Waals surface area (Å²) in [5, 5.41) is 3.76. The van der Waals surface area contributed by atoms with Crippen LogP contribution in [0.2, 0.25) is 0 Å². The van der Waals surface area contributed by atoms with Crippen LogP contribution in [0.1, 0.15) is 58.3 Å². The first-order valence-electron chi connectivity index (χ1n) is 7.63. The maximum absolute atomic E-state index is 5.89. The molecule has 1 N–H and O–H groups in total. The van der Waals surface area contributed by atoms with Crippen molar-refractivity contribution in [3.8, 4) is 0 Å². The summed E-state index contributed by atoms with van der Waals surface area (Å²) in [6, 6.07) is 0.836. The lowest BCUT2D eigenvalue weighted by atomic mass is 9.73. The molecule has 2 saturated carbocycles. The standard InChI is InChI=1S/C15H27NO/c1-12-15(8-9-17-12,11-16-14-6-7-14)10-13-4-2-3-5-13/h12-14,16H,2-11H2,1H3. The van der Waals surface area contributed by atoms with Crippen LogP contribution in [0, 0.1) is 11.3 Å². The maximum atomic E-state index is 5.89. The molecule has 3 fully saturated rings. The minimum atomic E-state index is 0.456. The van der Waals surface area contributed by atoms with E-state index in [4.69, 9.17) is 4.74 Å². The summed E-state index contributed by atoms with van der Waals surface area (Å²) in [5.41, 5.74) is 0.456. The van der Waals surface area contributed by atoms with Crippen LogP contribution in [-0.2, 0) is 4.74 Å². The van der Waals surface area contributed by atoms with Crippen LogP contribution >= 0.6 is 0 Å². The molecule has 2 heteroatoms. The summed E-state index contributed by atoms with van der Waals surface area (Å²) in [5.74, 6) is 0.986. The van der Waals surface area contributed by atoms with Crippen molar-refractivity contribution in [1.29, 1.82) is 0 Å². The SMILES string of the molecule is CC1OCCC1(CNC1CC1)CC1CCCC1. The largest absolute Gasteiger partial charge is 0.378 e. The first kappa shape index (κ1) is 12.0. The maximum Gasteiger partial charge on any atom is 0.0616 e. The molecule has 17 heavy (non-hydrogen) atoms. The molecule has 98 valence electrons. The zero-order valence-electron chi connectivity index (χ0n) is 11.2. The molecule has 2 aliphatic carbocycles. The quantitative estimate of drug-likeness (QED) is 0.793. The highest BCUT2D eigenvalue weighted by Crippen LogP contribution is 2.44. The zero-order valence-corrected chi connectivity index (χ0v) is 11.2. The number of hydrogen-bond donors (Lipinski definition) is 1. The van der Waals surface area contributed by atoms with Crippen molar-refractivity contribution in [2.75, 3.05) is 13.2 Å². The van der Waals surface area contributed by atoms with Crippen LogP contribution in [0.4, 0.5) is 0 Å². The second-order valence-electron chi connectivity index (χ2n) is 6.64. The zero-order chi connectivity index (χ0) is 11.7. The third-order valence-electron chi connectivity index (χ3n) is 5.32. The molecule has 0 aromatic carbocycles. The van der Waals surface area contributed by atoms with Crippen molar-refractivity contribution in [2.45, 2.75) is 70.4 Å². The molecule has 2 unspecified atom stereocenters. The van der Waals surface area contributed by atoms with Crippen molar-refractivity contribution < 1.29 is 4.74 Å². The van der Waals surface area contributed by atoms with Gasteiger partial charge in [0.25, 0.3) is 0 Å². The van der Waals surface area contributed by atoms with Gasteiger partial charge in [0.15, 0.2) is 0 Å². The van der Waals surface area contributed by atoms with Crippen molar-refractivity contribution >= 4 is 0 Å². The van der Waals surface area contributed by atoms with Gasteiger partial charge in [-0.15, -0.1) is 0 Å². The van der Waals surface area contributed by atoms with E-state index in [0.29, 0.717) is 11.5 Å². The highest BCUT2D eigenvalue weighted by molar-refractivity contribution is 4.95. The fourth-order valence-corrected chi connectivity index (χ4v) is 3.82. The van der Waals surface area contributed by atoms with Gasteiger partial charge in [0.1, 0.15) is 0 Å². The van der Waals surface area contributed by atoms with Gasteiger partial charge in [-0.1, -0.05) is 25.7 Å². The Kier molecular flexibility index (Phi) is 3.45. The molecule has 3 rings (SSSR count). The highest BCUT2D eigenvalue weighted by atomic mass is 16.5. The average Bonchev–Trinajstić information content (AvgIpc) is 2.90. The van der Waals surface area contributed by atoms with Crippen molar-refractivity contribution in [3.63, 3.8) is 0 Å². The van der Waals surface area contributed by atoms with E-state index in [2.05, 4.69) is 12.2 Å². The molecular weight excluding hydrogens is 210 g/mol. The first-order chi connectivity index (χ1) is 8.28. The Balaban J connectivity index is 1.61. The Bertz CT molecular complexity index is 258. The Morgan fingerprint density at radius 2 is 1.94 bits per heavy atom. The van der Waals surface area contributed by atoms with Gasteiger partial charge in [-0.25, -0.2) is 0 Å². The smallest absolute Gasteiger partial charge is 0.0616 e. The van der Waals surface area contributed by atoms with Gasteiger partial charge < -0.3 is 10.1 Å². The molecule has 1 heterocycles. The molecule has 1 saturated heterocycles. The van der Waals surface area contributed by atoms with E-state index in [1.54, 1.807) is 0 Å². The molecular formula is C15H27NO. The summed E-state index contributed by atoms with van der Waals surface area (Å²) in [6.07, 6.45) is 11.8. The van der Waals surface area contributed by atoms with Crippen LogP contribution in [0.25, 0.3) is 0 Å². The summed E-state index contributed by atoms with van der Waals surface area (Å²) in [4.78, 5) is 0. The van der Waals surface area contributed by atoms with Crippen LogP contribution in [-0.4, -0.2) is 25.3 Å². The second kappa shape index (κ2) is 4.89. The van der Waals surface area contributed by atoms with E-state index in [0.717, 1.165) is 18.6 Å². The second-order valence-corrected chi connectivity index (χ2v) is 6.64. The molecule has 0 amide bonds. The molecule has 2 atom stereocenters. The fourth-order valence-electron chi connectivity index (χ4n) is 3.82. The van der Waals surface area contributed by atoms with E-state index in [1.807, 2.05) is 0 Å². The molecule has 0 aromatic rings. The molecule has 0 aromatic heterocycles. The molecule has 1 aliphatic heterocycles. The average molecular weight is 237 g/mol. The van der Waals surface area contributed by atoms with Gasteiger partial charge in [0.2, 0.25) is 0 Å². The normalized spacial score (nSPS) is 39.0. The molecule has 0 radical (unpaired) electrons. The van der Waals surface area contributed by atoms with Crippen molar-refractivity contribution in [2.24, 2.45) is 11.3 Å². The lowest BCUT2D eigenvalue weighted by Gasteiger charge is -2.35. The van der Waals surface area contributed by atoms with Crippen LogP contribution in [0.15, 0.2) is 0 Å². The van der Waals surface area contributed by atoms with Crippen LogP contribution in [0.5, 0.6) is 0 Å². The number of hydrogen-bond acceptors (Lipinski definition) is 2. The monoisotopic (exact) mass is 237 g/mol. The van der Waals surface area contributed by atoms with E-state index in [1.165, 1.54) is 57.9 Å². The van der Waals surface area contributed by atoms with Gasteiger partial charge in [-0.2, -0.15) is 0 Å². The molecule has 3 aliphatic rings. The number of ether oxygens (including phenoxy) is 1. The minimum absolute atomic E-state index is 0.456. The summed E-state index contributed by atoms with van der Waals surface area (Å²) >= 11 is 0. The Morgan fingerprint density at radius 1 is 1.18 bits per heavy atom. The molecule has 2 nitrogen and oxygen atoms in total. The first-order valence-corrected chi connectivity index (χ1v) is 7.63. The summed E-state index contributed by atoms with van der Waals surface area (Å²) in [7, 11) is 0. The topological polar surface area (TPSA) is 21.3 Å². The molecule has 0 spiro atoms. The molecule has 0 bridgehead atoms.